The maximum atomic E-state index is 13.9. The van der Waals surface area contributed by atoms with Gasteiger partial charge in [-0.05, 0) is 31.5 Å². The molecular weight excluding hydrogens is 357 g/mol. The lowest BCUT2D eigenvalue weighted by molar-refractivity contribution is 0.629. The van der Waals surface area contributed by atoms with E-state index in [0.717, 1.165) is 10.2 Å². The van der Waals surface area contributed by atoms with Gasteiger partial charge in [-0.2, -0.15) is 5.10 Å². The number of fused-ring (bicyclic) bond motifs is 1. The average Bonchev–Trinajstić information content (AvgIpc) is 2.90. The molecule has 4 rings (SSSR count). The Morgan fingerprint density at radius 1 is 1.12 bits per heavy atom. The van der Waals surface area contributed by atoms with E-state index < -0.39 is 11.5 Å². The fraction of sp³-hybridized carbons (Fsp3) is 0.111. The fourth-order valence-electron chi connectivity index (χ4n) is 3.15. The van der Waals surface area contributed by atoms with E-state index in [9.17, 15) is 9.18 Å². The maximum Gasteiger partial charge on any atom is 0.356 e. The van der Waals surface area contributed by atoms with Crippen molar-refractivity contribution in [1.29, 1.82) is 0 Å². The summed E-state index contributed by atoms with van der Waals surface area (Å²) in [5.41, 5.74) is 2.89. The van der Waals surface area contributed by atoms with E-state index in [1.165, 1.54) is 22.9 Å². The number of halogens is 2. The van der Waals surface area contributed by atoms with E-state index >= 15 is 0 Å². The smallest absolute Gasteiger partial charge is 0.263 e. The molecule has 1 aromatic carbocycles. The summed E-state index contributed by atoms with van der Waals surface area (Å²) in [5.74, 6) is -0.332. The summed E-state index contributed by atoms with van der Waals surface area (Å²) < 4.78 is 16.5. The summed E-state index contributed by atoms with van der Waals surface area (Å²) in [4.78, 5) is 21.1. The Labute approximate surface area is 152 Å². The van der Waals surface area contributed by atoms with Crippen LogP contribution in [0, 0.1) is 19.7 Å². The zero-order valence-electron chi connectivity index (χ0n) is 13.9. The first-order valence-electron chi connectivity index (χ1n) is 7.82. The molecule has 0 spiro atoms. The molecule has 0 fully saturated rings. The highest BCUT2D eigenvalue weighted by Gasteiger charge is 2.20. The normalized spacial score (nSPS) is 11.2. The van der Waals surface area contributed by atoms with Crippen LogP contribution in [0.2, 0.25) is 5.02 Å². The topological polar surface area (TPSA) is 65.1 Å². The number of aryl methyl sites for hydroxylation is 2. The second kappa shape index (κ2) is 6.03. The molecule has 8 heteroatoms. The van der Waals surface area contributed by atoms with Gasteiger partial charge in [0, 0.05) is 29.2 Å². The standard InChI is InChI=1S/C18H13ClFN5O/c1-10-14-9-23-25(17-21-7-4-8-22-17)18(26)24(14)11(2)15(10)12-5-3-6-13(20)16(12)19/h3-9H,1-2H3. The first kappa shape index (κ1) is 16.4. The summed E-state index contributed by atoms with van der Waals surface area (Å²) in [6.45, 7) is 3.64. The van der Waals surface area contributed by atoms with Gasteiger partial charge in [-0.3, -0.25) is 4.40 Å². The number of aromatic nitrogens is 5. The summed E-state index contributed by atoms with van der Waals surface area (Å²) in [6, 6.07) is 6.27. The monoisotopic (exact) mass is 369 g/mol. The van der Waals surface area contributed by atoms with Crippen LogP contribution in [0.4, 0.5) is 4.39 Å². The molecule has 0 aliphatic rings. The van der Waals surface area contributed by atoms with Crippen molar-refractivity contribution in [2.45, 2.75) is 13.8 Å². The lowest BCUT2D eigenvalue weighted by atomic mass is 10.0. The van der Waals surface area contributed by atoms with Crippen molar-refractivity contribution in [3.8, 4) is 17.1 Å². The second-order valence-corrected chi connectivity index (χ2v) is 6.17. The maximum absolute atomic E-state index is 13.9. The molecule has 0 aliphatic carbocycles. The summed E-state index contributed by atoms with van der Waals surface area (Å²) in [6.07, 6.45) is 4.63. The van der Waals surface area contributed by atoms with Crippen LogP contribution < -0.4 is 5.69 Å². The minimum Gasteiger partial charge on any atom is -0.263 e. The molecule has 3 aromatic heterocycles. The number of hydrogen-bond donors (Lipinski definition) is 0. The molecule has 0 radical (unpaired) electrons. The summed E-state index contributed by atoms with van der Waals surface area (Å²) >= 11 is 6.16. The highest BCUT2D eigenvalue weighted by Crippen LogP contribution is 2.36. The largest absolute Gasteiger partial charge is 0.356 e. The Morgan fingerprint density at radius 2 is 1.85 bits per heavy atom. The van der Waals surface area contributed by atoms with Crippen LogP contribution in [0.25, 0.3) is 22.6 Å². The molecule has 0 bridgehead atoms. The van der Waals surface area contributed by atoms with Gasteiger partial charge in [0.05, 0.1) is 16.7 Å². The van der Waals surface area contributed by atoms with E-state index in [4.69, 9.17) is 11.6 Å². The molecule has 130 valence electrons. The van der Waals surface area contributed by atoms with Gasteiger partial charge in [-0.15, -0.1) is 4.68 Å². The SMILES string of the molecule is Cc1c(-c2cccc(F)c2Cl)c(C)n2c(=O)n(-c3ncccn3)ncc12. The minimum atomic E-state index is -0.508. The van der Waals surface area contributed by atoms with Crippen LogP contribution in [-0.2, 0) is 0 Å². The quantitative estimate of drug-likeness (QED) is 0.543. The fourth-order valence-corrected chi connectivity index (χ4v) is 3.37. The Balaban J connectivity index is 2.06. The molecule has 3 heterocycles. The number of hydrogen-bond acceptors (Lipinski definition) is 4. The number of nitrogens with zero attached hydrogens (tertiary/aromatic N) is 5. The van der Waals surface area contributed by atoms with Crippen LogP contribution in [0.5, 0.6) is 0 Å². The lowest BCUT2D eigenvalue weighted by Crippen LogP contribution is -2.29. The van der Waals surface area contributed by atoms with Crippen LogP contribution in [0.15, 0.2) is 47.7 Å². The average molecular weight is 370 g/mol. The van der Waals surface area contributed by atoms with Crippen molar-refractivity contribution in [3.63, 3.8) is 0 Å². The van der Waals surface area contributed by atoms with Crippen LogP contribution in [0.3, 0.4) is 0 Å². The predicted molar refractivity (Wildman–Crippen MR) is 96.3 cm³/mol. The van der Waals surface area contributed by atoms with Crippen LogP contribution in [-0.4, -0.2) is 24.1 Å². The molecule has 6 nitrogen and oxygen atoms in total. The van der Waals surface area contributed by atoms with E-state index in [1.807, 2.05) is 6.92 Å². The van der Waals surface area contributed by atoms with Gasteiger partial charge in [-0.25, -0.2) is 19.2 Å². The van der Waals surface area contributed by atoms with Crippen molar-refractivity contribution in [2.24, 2.45) is 0 Å². The molecule has 26 heavy (non-hydrogen) atoms. The zero-order chi connectivity index (χ0) is 18.4. The molecule has 0 unspecified atom stereocenters. The van der Waals surface area contributed by atoms with Crippen molar-refractivity contribution in [1.82, 2.24) is 24.1 Å². The minimum absolute atomic E-state index is 0.0225. The van der Waals surface area contributed by atoms with E-state index in [-0.39, 0.29) is 11.0 Å². The lowest BCUT2D eigenvalue weighted by Gasteiger charge is -2.06. The van der Waals surface area contributed by atoms with Crippen molar-refractivity contribution >= 4 is 17.1 Å². The predicted octanol–water partition coefficient (Wildman–Crippen LogP) is 3.35. The molecule has 0 atom stereocenters. The van der Waals surface area contributed by atoms with E-state index in [0.29, 0.717) is 22.3 Å². The zero-order valence-corrected chi connectivity index (χ0v) is 14.7. The summed E-state index contributed by atoms with van der Waals surface area (Å²) in [5, 5.41) is 4.20. The third-order valence-corrected chi connectivity index (χ3v) is 4.71. The first-order chi connectivity index (χ1) is 12.5. The second-order valence-electron chi connectivity index (χ2n) is 5.80. The highest BCUT2D eigenvalue weighted by molar-refractivity contribution is 6.33. The van der Waals surface area contributed by atoms with Crippen molar-refractivity contribution in [3.05, 3.63) is 75.4 Å². The van der Waals surface area contributed by atoms with Gasteiger partial charge in [0.2, 0.25) is 0 Å². The Hall–Kier alpha value is -3.06. The Bertz CT molecular complexity index is 1200. The third kappa shape index (κ3) is 2.32. The van der Waals surface area contributed by atoms with Gasteiger partial charge in [0.1, 0.15) is 5.82 Å². The number of rotatable bonds is 2. The molecule has 0 aliphatic heterocycles. The molecule has 0 N–H and O–H groups in total. The Morgan fingerprint density at radius 3 is 2.58 bits per heavy atom. The first-order valence-corrected chi connectivity index (χ1v) is 8.20. The van der Waals surface area contributed by atoms with Crippen LogP contribution in [0.1, 0.15) is 11.3 Å². The number of benzene rings is 1. The van der Waals surface area contributed by atoms with Crippen LogP contribution >= 0.6 is 11.6 Å². The van der Waals surface area contributed by atoms with Gasteiger partial charge < -0.3 is 0 Å². The van der Waals surface area contributed by atoms with E-state index in [2.05, 4.69) is 15.1 Å². The van der Waals surface area contributed by atoms with Gasteiger partial charge in [-0.1, -0.05) is 23.7 Å². The van der Waals surface area contributed by atoms with Gasteiger partial charge in [0.25, 0.3) is 5.95 Å². The highest BCUT2D eigenvalue weighted by atomic mass is 35.5. The third-order valence-electron chi connectivity index (χ3n) is 4.33. The molecule has 0 amide bonds. The molecule has 0 saturated carbocycles. The molecular formula is C18H13ClFN5O. The van der Waals surface area contributed by atoms with Crippen molar-refractivity contribution < 1.29 is 4.39 Å². The summed E-state index contributed by atoms with van der Waals surface area (Å²) in [7, 11) is 0. The van der Waals surface area contributed by atoms with E-state index in [1.54, 1.807) is 31.3 Å². The van der Waals surface area contributed by atoms with Crippen molar-refractivity contribution in [2.75, 3.05) is 0 Å². The Kier molecular flexibility index (Phi) is 3.81. The van der Waals surface area contributed by atoms with Gasteiger partial charge >= 0.3 is 5.69 Å². The van der Waals surface area contributed by atoms with Gasteiger partial charge in [0.15, 0.2) is 0 Å². The molecule has 4 aromatic rings. The molecule has 0 saturated heterocycles.